The second-order valence-corrected chi connectivity index (χ2v) is 7.99. The topological polar surface area (TPSA) is 51.2 Å². The van der Waals surface area contributed by atoms with Crippen LogP contribution in [0.25, 0.3) is 10.6 Å². The van der Waals surface area contributed by atoms with E-state index < -0.39 is 6.10 Å². The first-order valence-corrected chi connectivity index (χ1v) is 10.3. The number of hydrogen-bond donors (Lipinski definition) is 1. The third-order valence-electron chi connectivity index (χ3n) is 4.41. The smallest absolute Gasteiger partial charge is 0.260 e. The van der Waals surface area contributed by atoms with E-state index >= 15 is 0 Å². The average Bonchev–Trinajstić information content (AvgIpc) is 3.10. The summed E-state index contributed by atoms with van der Waals surface area (Å²) in [5, 5.41) is 6.00. The van der Waals surface area contributed by atoms with Crippen molar-refractivity contribution in [1.82, 2.24) is 10.3 Å². The Morgan fingerprint density at radius 2 is 1.75 bits per heavy atom. The Balaban J connectivity index is 1.49. The normalized spacial score (nSPS) is 11.9. The Morgan fingerprint density at radius 3 is 2.43 bits per heavy atom. The van der Waals surface area contributed by atoms with Gasteiger partial charge < -0.3 is 10.1 Å². The van der Waals surface area contributed by atoms with Crippen LogP contribution in [0.3, 0.4) is 0 Å². The largest absolute Gasteiger partial charge is 0.481 e. The Labute approximate surface area is 170 Å². The number of aryl methyl sites for hydroxylation is 3. The molecule has 3 aromatic rings. The molecule has 1 amide bonds. The van der Waals surface area contributed by atoms with Crippen LogP contribution in [-0.4, -0.2) is 23.5 Å². The van der Waals surface area contributed by atoms with Gasteiger partial charge in [-0.1, -0.05) is 35.9 Å². The van der Waals surface area contributed by atoms with Gasteiger partial charge in [0.15, 0.2) is 6.10 Å². The van der Waals surface area contributed by atoms with Crippen LogP contribution in [0, 0.1) is 20.8 Å². The lowest BCUT2D eigenvalue weighted by molar-refractivity contribution is -0.127. The van der Waals surface area contributed by atoms with Crippen LogP contribution in [0.1, 0.15) is 29.3 Å². The summed E-state index contributed by atoms with van der Waals surface area (Å²) < 4.78 is 5.79. The Bertz CT molecular complexity index is 927. The molecule has 0 aliphatic heterocycles. The first kappa shape index (κ1) is 20.1. The van der Waals surface area contributed by atoms with Gasteiger partial charge in [-0.15, -0.1) is 11.3 Å². The third-order valence-corrected chi connectivity index (χ3v) is 5.35. The lowest BCUT2D eigenvalue weighted by atomic mass is 10.1. The zero-order valence-electron chi connectivity index (χ0n) is 16.8. The van der Waals surface area contributed by atoms with E-state index in [1.54, 1.807) is 18.3 Å². The lowest BCUT2D eigenvalue weighted by Crippen LogP contribution is -2.37. The molecule has 4 nitrogen and oxygen atoms in total. The molecule has 5 heteroatoms. The van der Waals surface area contributed by atoms with E-state index in [0.717, 1.165) is 33.1 Å². The summed E-state index contributed by atoms with van der Waals surface area (Å²) in [5.74, 6) is 0.607. The third kappa shape index (κ3) is 5.42. The molecule has 0 aliphatic rings. The molecule has 0 saturated carbocycles. The van der Waals surface area contributed by atoms with E-state index in [1.165, 1.54) is 5.56 Å². The van der Waals surface area contributed by atoms with Gasteiger partial charge in [0.25, 0.3) is 5.91 Å². The van der Waals surface area contributed by atoms with Crippen molar-refractivity contribution >= 4 is 17.2 Å². The van der Waals surface area contributed by atoms with Crippen molar-refractivity contribution in [3.8, 4) is 16.3 Å². The highest BCUT2D eigenvalue weighted by Gasteiger charge is 2.15. The van der Waals surface area contributed by atoms with Crippen molar-refractivity contribution in [2.75, 3.05) is 6.54 Å². The van der Waals surface area contributed by atoms with Gasteiger partial charge >= 0.3 is 0 Å². The quantitative estimate of drug-likeness (QED) is 0.622. The SMILES string of the molecule is Cc1ccc(-c2nc(CCNC(=O)C(C)Oc3cc(C)cc(C)c3)cs2)cc1. The number of thiazole rings is 1. The van der Waals surface area contributed by atoms with Gasteiger partial charge in [0, 0.05) is 23.9 Å². The van der Waals surface area contributed by atoms with E-state index in [0.29, 0.717) is 13.0 Å². The molecule has 28 heavy (non-hydrogen) atoms. The number of nitrogens with zero attached hydrogens (tertiary/aromatic N) is 1. The van der Waals surface area contributed by atoms with Crippen molar-refractivity contribution in [2.45, 2.75) is 40.2 Å². The number of ether oxygens (including phenoxy) is 1. The number of hydrogen-bond acceptors (Lipinski definition) is 4. The summed E-state index contributed by atoms with van der Waals surface area (Å²) in [6.07, 6.45) is 0.157. The van der Waals surface area contributed by atoms with Crippen molar-refractivity contribution in [1.29, 1.82) is 0 Å². The molecule has 1 atom stereocenters. The maximum absolute atomic E-state index is 12.3. The summed E-state index contributed by atoms with van der Waals surface area (Å²) in [5.41, 5.74) is 5.59. The number of rotatable bonds is 7. The van der Waals surface area contributed by atoms with Crippen molar-refractivity contribution in [3.63, 3.8) is 0 Å². The van der Waals surface area contributed by atoms with Gasteiger partial charge in [0.2, 0.25) is 0 Å². The lowest BCUT2D eigenvalue weighted by Gasteiger charge is -2.15. The highest BCUT2D eigenvalue weighted by Crippen LogP contribution is 2.24. The zero-order chi connectivity index (χ0) is 20.1. The molecule has 0 saturated heterocycles. The van der Waals surface area contributed by atoms with Crippen LogP contribution in [-0.2, 0) is 11.2 Å². The Kier molecular flexibility index (Phi) is 6.47. The van der Waals surface area contributed by atoms with Gasteiger partial charge in [-0.2, -0.15) is 0 Å². The second kappa shape index (κ2) is 9.02. The first-order chi connectivity index (χ1) is 13.4. The van der Waals surface area contributed by atoms with Crippen molar-refractivity contribution in [2.24, 2.45) is 0 Å². The van der Waals surface area contributed by atoms with Crippen molar-refractivity contribution < 1.29 is 9.53 Å². The monoisotopic (exact) mass is 394 g/mol. The van der Waals surface area contributed by atoms with E-state index in [9.17, 15) is 4.79 Å². The fourth-order valence-electron chi connectivity index (χ4n) is 2.97. The summed E-state index contributed by atoms with van der Waals surface area (Å²) in [4.78, 5) is 17.0. The molecule has 1 unspecified atom stereocenters. The standard InChI is InChI=1S/C23H26N2O2S/c1-15-5-7-19(8-6-15)23-25-20(14-28-23)9-10-24-22(26)18(4)27-21-12-16(2)11-17(3)13-21/h5-8,11-14,18H,9-10H2,1-4H3,(H,24,26). The number of benzene rings is 2. The van der Waals surface area contributed by atoms with Gasteiger partial charge in [0.1, 0.15) is 10.8 Å². The summed E-state index contributed by atoms with van der Waals surface area (Å²) in [6, 6.07) is 14.3. The molecule has 0 radical (unpaired) electrons. The van der Waals surface area contributed by atoms with E-state index in [1.807, 2.05) is 26.0 Å². The molecule has 2 aromatic carbocycles. The maximum Gasteiger partial charge on any atom is 0.260 e. The van der Waals surface area contributed by atoms with E-state index in [2.05, 4.69) is 52.9 Å². The number of carbonyl (C=O) groups is 1. The van der Waals surface area contributed by atoms with Crippen LogP contribution < -0.4 is 10.1 Å². The molecule has 0 bridgehead atoms. The number of amides is 1. The van der Waals surface area contributed by atoms with Crippen molar-refractivity contribution in [3.05, 3.63) is 70.2 Å². The highest BCUT2D eigenvalue weighted by molar-refractivity contribution is 7.13. The highest BCUT2D eigenvalue weighted by atomic mass is 32.1. The molecule has 1 aromatic heterocycles. The number of nitrogens with one attached hydrogen (secondary N) is 1. The average molecular weight is 395 g/mol. The summed E-state index contributed by atoms with van der Waals surface area (Å²) in [6.45, 7) is 8.42. The van der Waals surface area contributed by atoms with E-state index in [-0.39, 0.29) is 5.91 Å². The van der Waals surface area contributed by atoms with Crippen LogP contribution in [0.4, 0.5) is 0 Å². The fourth-order valence-corrected chi connectivity index (χ4v) is 3.83. The van der Waals surface area contributed by atoms with E-state index in [4.69, 9.17) is 4.74 Å². The van der Waals surface area contributed by atoms with Gasteiger partial charge in [0.05, 0.1) is 5.69 Å². The predicted molar refractivity (Wildman–Crippen MR) is 115 cm³/mol. The molecule has 3 rings (SSSR count). The molecule has 0 spiro atoms. The van der Waals surface area contributed by atoms with Crippen LogP contribution >= 0.6 is 11.3 Å². The van der Waals surface area contributed by atoms with Gasteiger partial charge in [-0.05, 0) is 51.0 Å². The molecule has 146 valence electrons. The van der Waals surface area contributed by atoms with Crippen LogP contribution in [0.2, 0.25) is 0 Å². The molecular weight excluding hydrogens is 368 g/mol. The maximum atomic E-state index is 12.3. The molecule has 0 aliphatic carbocycles. The number of aromatic nitrogens is 1. The first-order valence-electron chi connectivity index (χ1n) is 9.45. The minimum absolute atomic E-state index is 0.117. The minimum atomic E-state index is -0.542. The van der Waals surface area contributed by atoms with Crippen LogP contribution in [0.15, 0.2) is 47.8 Å². The summed E-state index contributed by atoms with van der Waals surface area (Å²) in [7, 11) is 0. The predicted octanol–water partition coefficient (Wildman–Crippen LogP) is 4.86. The van der Waals surface area contributed by atoms with Gasteiger partial charge in [-0.3, -0.25) is 4.79 Å². The molecule has 0 fully saturated rings. The Hall–Kier alpha value is -2.66. The number of carbonyl (C=O) groups excluding carboxylic acids is 1. The van der Waals surface area contributed by atoms with Gasteiger partial charge in [-0.25, -0.2) is 4.98 Å². The fraction of sp³-hybridized carbons (Fsp3) is 0.304. The summed E-state index contributed by atoms with van der Waals surface area (Å²) >= 11 is 1.63. The minimum Gasteiger partial charge on any atom is -0.481 e. The second-order valence-electron chi connectivity index (χ2n) is 7.13. The van der Waals surface area contributed by atoms with Crippen LogP contribution in [0.5, 0.6) is 5.75 Å². The molecular formula is C23H26N2O2S. The zero-order valence-corrected chi connectivity index (χ0v) is 17.6. The Morgan fingerprint density at radius 1 is 1.07 bits per heavy atom. The molecule has 1 heterocycles. The molecule has 1 N–H and O–H groups in total.